The molecule has 0 unspecified atom stereocenters. The standard InChI is InChI=1S/C54H35NS/c1-2-13-36(14-3-1)44-17-8-10-23-51(44)55(41-31-27-38(28-32-41)50-35-39-15-4-5-16-43(39)45-18-6-7-19-46(45)50)40-29-25-37(26-30-40)42-21-12-22-48-47(42)33-34-53-54(48)49-20-9-11-24-52(49)56-53/h1-35H. The molecule has 0 N–H and O–H groups in total. The average Bonchev–Trinajstić information content (AvgIpc) is 3.66. The first-order chi connectivity index (χ1) is 27.8. The summed E-state index contributed by atoms with van der Waals surface area (Å²) in [6.45, 7) is 0. The summed E-state index contributed by atoms with van der Waals surface area (Å²) in [5, 5.41) is 10.3. The van der Waals surface area contributed by atoms with E-state index in [1.165, 1.54) is 85.9 Å². The third-order valence-electron chi connectivity index (χ3n) is 11.3. The Morgan fingerprint density at radius 3 is 1.64 bits per heavy atom. The van der Waals surface area contributed by atoms with Gasteiger partial charge in [-0.05, 0) is 109 Å². The van der Waals surface area contributed by atoms with Crippen molar-refractivity contribution in [2.24, 2.45) is 0 Å². The maximum Gasteiger partial charge on any atom is 0.0540 e. The molecule has 1 aromatic heterocycles. The topological polar surface area (TPSA) is 3.24 Å². The van der Waals surface area contributed by atoms with Gasteiger partial charge in [-0.3, -0.25) is 0 Å². The lowest BCUT2D eigenvalue weighted by Gasteiger charge is -2.28. The second-order valence-corrected chi connectivity index (χ2v) is 15.5. The number of rotatable bonds is 6. The first-order valence-electron chi connectivity index (χ1n) is 19.2. The van der Waals surface area contributed by atoms with Gasteiger partial charge >= 0.3 is 0 Å². The Morgan fingerprint density at radius 1 is 0.304 bits per heavy atom. The van der Waals surface area contributed by atoms with Crippen LogP contribution in [0.1, 0.15) is 0 Å². The van der Waals surface area contributed by atoms with Crippen molar-refractivity contribution in [2.75, 3.05) is 4.90 Å². The lowest BCUT2D eigenvalue weighted by molar-refractivity contribution is 1.28. The molecule has 1 nitrogen and oxygen atoms in total. The minimum Gasteiger partial charge on any atom is -0.310 e. The molecule has 0 bridgehead atoms. The van der Waals surface area contributed by atoms with Crippen LogP contribution in [0.15, 0.2) is 212 Å². The van der Waals surface area contributed by atoms with Gasteiger partial charge in [0.2, 0.25) is 0 Å². The highest BCUT2D eigenvalue weighted by Gasteiger charge is 2.19. The SMILES string of the molecule is c1ccc(-c2ccccc2N(c2ccc(-c3cc4ccccc4c4ccccc34)cc2)c2ccc(-c3cccc4c3ccc3sc5ccccc5c34)cc2)cc1. The van der Waals surface area contributed by atoms with E-state index in [2.05, 4.69) is 217 Å². The molecule has 11 aromatic rings. The Bertz CT molecular complexity index is 3230. The number of hydrogen-bond acceptors (Lipinski definition) is 2. The van der Waals surface area contributed by atoms with Crippen LogP contribution < -0.4 is 4.90 Å². The molecule has 56 heavy (non-hydrogen) atoms. The zero-order chi connectivity index (χ0) is 37.0. The third-order valence-corrected chi connectivity index (χ3v) is 12.4. The smallest absolute Gasteiger partial charge is 0.0540 e. The average molecular weight is 730 g/mol. The zero-order valence-electron chi connectivity index (χ0n) is 30.6. The van der Waals surface area contributed by atoms with Crippen molar-refractivity contribution in [2.45, 2.75) is 0 Å². The molecule has 10 aromatic carbocycles. The first kappa shape index (κ1) is 32.4. The lowest BCUT2D eigenvalue weighted by Crippen LogP contribution is -2.11. The van der Waals surface area contributed by atoms with Crippen molar-refractivity contribution in [3.8, 4) is 33.4 Å². The van der Waals surface area contributed by atoms with Crippen LogP contribution in [0.3, 0.4) is 0 Å². The van der Waals surface area contributed by atoms with Crippen molar-refractivity contribution in [1.29, 1.82) is 0 Å². The van der Waals surface area contributed by atoms with Crippen LogP contribution in [-0.2, 0) is 0 Å². The van der Waals surface area contributed by atoms with Gasteiger partial charge in [0.1, 0.15) is 0 Å². The molecule has 0 saturated heterocycles. The highest BCUT2D eigenvalue weighted by Crippen LogP contribution is 2.44. The summed E-state index contributed by atoms with van der Waals surface area (Å²) >= 11 is 1.87. The minimum absolute atomic E-state index is 1.10. The Labute approximate surface area is 330 Å². The van der Waals surface area contributed by atoms with Crippen molar-refractivity contribution >= 4 is 80.9 Å². The fraction of sp³-hybridized carbons (Fsp3) is 0. The normalized spacial score (nSPS) is 11.6. The monoisotopic (exact) mass is 729 g/mol. The molecule has 0 atom stereocenters. The molecular weight excluding hydrogens is 695 g/mol. The predicted molar refractivity (Wildman–Crippen MR) is 243 cm³/mol. The van der Waals surface area contributed by atoms with Crippen LogP contribution >= 0.6 is 11.3 Å². The van der Waals surface area contributed by atoms with Gasteiger partial charge in [-0.25, -0.2) is 0 Å². The second-order valence-electron chi connectivity index (χ2n) is 14.4. The molecule has 11 rings (SSSR count). The molecule has 0 saturated carbocycles. The summed E-state index contributed by atoms with van der Waals surface area (Å²) in [6, 6.07) is 77.6. The fourth-order valence-electron chi connectivity index (χ4n) is 8.66. The largest absolute Gasteiger partial charge is 0.310 e. The van der Waals surface area contributed by atoms with Gasteiger partial charge in [-0.15, -0.1) is 11.3 Å². The Balaban J connectivity index is 1.04. The second kappa shape index (κ2) is 13.4. The molecule has 0 amide bonds. The number of anilines is 3. The summed E-state index contributed by atoms with van der Waals surface area (Å²) in [5.41, 5.74) is 10.6. The van der Waals surface area contributed by atoms with E-state index in [4.69, 9.17) is 0 Å². The van der Waals surface area contributed by atoms with E-state index < -0.39 is 0 Å². The van der Waals surface area contributed by atoms with Gasteiger partial charge in [0.15, 0.2) is 0 Å². The number of fused-ring (bicyclic) bond motifs is 8. The van der Waals surface area contributed by atoms with Crippen LogP contribution in [0.25, 0.3) is 85.9 Å². The molecular formula is C54H35NS. The number of hydrogen-bond donors (Lipinski definition) is 0. The molecule has 2 heteroatoms. The van der Waals surface area contributed by atoms with E-state index in [1.807, 2.05) is 11.3 Å². The minimum atomic E-state index is 1.10. The quantitative estimate of drug-likeness (QED) is 0.154. The molecule has 0 fully saturated rings. The summed E-state index contributed by atoms with van der Waals surface area (Å²) in [5.74, 6) is 0. The Kier molecular flexibility index (Phi) is 7.75. The third kappa shape index (κ3) is 5.38. The Hall–Kier alpha value is -7.00. The van der Waals surface area contributed by atoms with Crippen LogP contribution in [0.2, 0.25) is 0 Å². The molecule has 262 valence electrons. The maximum atomic E-state index is 2.40. The van der Waals surface area contributed by atoms with Crippen LogP contribution in [0.4, 0.5) is 17.1 Å². The number of thiophene rings is 1. The molecule has 0 aliphatic heterocycles. The van der Waals surface area contributed by atoms with Crippen molar-refractivity contribution in [3.63, 3.8) is 0 Å². The van der Waals surface area contributed by atoms with Crippen LogP contribution in [0.5, 0.6) is 0 Å². The summed E-state index contributed by atoms with van der Waals surface area (Å²) in [4.78, 5) is 2.40. The Morgan fingerprint density at radius 2 is 0.857 bits per heavy atom. The molecule has 0 aliphatic carbocycles. The highest BCUT2D eigenvalue weighted by atomic mass is 32.1. The van der Waals surface area contributed by atoms with Gasteiger partial charge in [0.25, 0.3) is 0 Å². The molecule has 0 spiro atoms. The first-order valence-corrected chi connectivity index (χ1v) is 20.0. The number of nitrogens with zero attached hydrogens (tertiary/aromatic N) is 1. The molecule has 1 heterocycles. The van der Waals surface area contributed by atoms with E-state index in [-0.39, 0.29) is 0 Å². The van der Waals surface area contributed by atoms with Gasteiger partial charge < -0.3 is 4.90 Å². The number of benzene rings is 10. The highest BCUT2D eigenvalue weighted by molar-refractivity contribution is 7.26. The maximum absolute atomic E-state index is 2.40. The van der Waals surface area contributed by atoms with Crippen molar-refractivity contribution < 1.29 is 0 Å². The molecule has 0 radical (unpaired) electrons. The van der Waals surface area contributed by atoms with E-state index in [0.717, 1.165) is 17.1 Å². The van der Waals surface area contributed by atoms with Gasteiger partial charge in [0, 0.05) is 37.1 Å². The van der Waals surface area contributed by atoms with Crippen LogP contribution in [0, 0.1) is 0 Å². The summed E-state index contributed by atoms with van der Waals surface area (Å²) in [6.07, 6.45) is 0. The fourth-order valence-corrected chi connectivity index (χ4v) is 9.79. The summed E-state index contributed by atoms with van der Waals surface area (Å²) in [7, 11) is 0. The summed E-state index contributed by atoms with van der Waals surface area (Å²) < 4.78 is 2.66. The van der Waals surface area contributed by atoms with Gasteiger partial charge in [0.05, 0.1) is 5.69 Å². The molecule has 0 aliphatic rings. The van der Waals surface area contributed by atoms with E-state index in [9.17, 15) is 0 Å². The van der Waals surface area contributed by atoms with Crippen molar-refractivity contribution in [1.82, 2.24) is 0 Å². The van der Waals surface area contributed by atoms with Gasteiger partial charge in [-0.2, -0.15) is 0 Å². The predicted octanol–water partition coefficient (Wildman–Crippen LogP) is 16.0. The van der Waals surface area contributed by atoms with Crippen molar-refractivity contribution in [3.05, 3.63) is 212 Å². The zero-order valence-corrected chi connectivity index (χ0v) is 31.4. The van der Waals surface area contributed by atoms with E-state index in [0.29, 0.717) is 0 Å². The van der Waals surface area contributed by atoms with E-state index in [1.54, 1.807) is 0 Å². The number of para-hydroxylation sites is 1. The van der Waals surface area contributed by atoms with Gasteiger partial charge in [-0.1, -0.05) is 164 Å². The lowest BCUT2D eigenvalue weighted by atomic mass is 9.93. The van der Waals surface area contributed by atoms with E-state index >= 15 is 0 Å². The van der Waals surface area contributed by atoms with Crippen LogP contribution in [-0.4, -0.2) is 0 Å².